The summed E-state index contributed by atoms with van der Waals surface area (Å²) in [7, 11) is -0.360. The second-order valence-electron chi connectivity index (χ2n) is 6.70. The van der Waals surface area contributed by atoms with Gasteiger partial charge in [-0.25, -0.2) is 0 Å². The van der Waals surface area contributed by atoms with Gasteiger partial charge in [0.15, 0.2) is 0 Å². The summed E-state index contributed by atoms with van der Waals surface area (Å²) >= 11 is 0. The summed E-state index contributed by atoms with van der Waals surface area (Å²) in [4.78, 5) is 12.5. The third-order valence-electron chi connectivity index (χ3n) is 4.66. The standard InChI is InChI=1S/C18H29N3O4S/c1-5-25-17-8-6-15(7-9-17)14(2)19-18(22)16-10-12-21(13-11-16)26(23,24)20(3)4/h6-9,14,16H,5,10-13H2,1-4H3,(H,19,22). The van der Waals surface area contributed by atoms with Crippen LogP contribution in [-0.4, -0.2) is 56.7 Å². The van der Waals surface area contributed by atoms with Gasteiger partial charge in [0.25, 0.3) is 10.2 Å². The number of benzene rings is 1. The minimum absolute atomic E-state index is 0.0201. The third-order valence-corrected chi connectivity index (χ3v) is 6.60. The fourth-order valence-corrected chi connectivity index (χ4v) is 4.15. The minimum Gasteiger partial charge on any atom is -0.494 e. The first kappa shape index (κ1) is 20.7. The molecule has 0 aliphatic carbocycles. The van der Waals surface area contributed by atoms with Gasteiger partial charge in [-0.05, 0) is 44.4 Å². The average Bonchev–Trinajstić information content (AvgIpc) is 2.62. The van der Waals surface area contributed by atoms with Crippen LogP contribution in [0.4, 0.5) is 0 Å². The molecule has 1 unspecified atom stereocenters. The highest BCUT2D eigenvalue weighted by atomic mass is 32.2. The molecule has 1 saturated heterocycles. The molecule has 1 amide bonds. The number of piperidine rings is 1. The van der Waals surface area contributed by atoms with Crippen LogP contribution in [0.3, 0.4) is 0 Å². The van der Waals surface area contributed by atoms with E-state index in [0.717, 1.165) is 11.3 Å². The molecule has 1 aromatic rings. The lowest BCUT2D eigenvalue weighted by Gasteiger charge is -2.32. The Bertz CT molecular complexity index is 696. The molecule has 1 heterocycles. The van der Waals surface area contributed by atoms with Crippen LogP contribution in [0.15, 0.2) is 24.3 Å². The van der Waals surface area contributed by atoms with E-state index in [2.05, 4.69) is 5.32 Å². The van der Waals surface area contributed by atoms with Crippen molar-refractivity contribution >= 4 is 16.1 Å². The Balaban J connectivity index is 1.88. The highest BCUT2D eigenvalue weighted by Gasteiger charge is 2.32. The van der Waals surface area contributed by atoms with Crippen molar-refractivity contribution in [3.63, 3.8) is 0 Å². The van der Waals surface area contributed by atoms with Gasteiger partial charge in [0, 0.05) is 33.1 Å². The zero-order valence-electron chi connectivity index (χ0n) is 15.9. The first-order valence-corrected chi connectivity index (χ1v) is 10.4. The summed E-state index contributed by atoms with van der Waals surface area (Å²) in [6.45, 7) is 5.24. The molecule has 1 aromatic carbocycles. The first-order valence-electron chi connectivity index (χ1n) is 8.96. The van der Waals surface area contributed by atoms with Gasteiger partial charge in [-0.2, -0.15) is 17.0 Å². The largest absolute Gasteiger partial charge is 0.494 e. The van der Waals surface area contributed by atoms with Gasteiger partial charge < -0.3 is 10.1 Å². The lowest BCUT2D eigenvalue weighted by Crippen LogP contribution is -2.47. The highest BCUT2D eigenvalue weighted by molar-refractivity contribution is 7.86. The maximum atomic E-state index is 12.5. The fraction of sp³-hybridized carbons (Fsp3) is 0.611. The topological polar surface area (TPSA) is 79.0 Å². The number of carbonyl (C=O) groups excluding carboxylic acids is 1. The molecule has 7 nitrogen and oxygen atoms in total. The summed E-state index contributed by atoms with van der Waals surface area (Å²) in [6, 6.07) is 7.57. The molecule has 0 spiro atoms. The third kappa shape index (κ3) is 4.96. The Morgan fingerprint density at radius 3 is 2.35 bits per heavy atom. The molecular weight excluding hydrogens is 354 g/mol. The molecule has 0 bridgehead atoms. The predicted molar refractivity (Wildman–Crippen MR) is 101 cm³/mol. The van der Waals surface area contributed by atoms with E-state index in [9.17, 15) is 13.2 Å². The molecule has 2 rings (SSSR count). The Morgan fingerprint density at radius 1 is 1.27 bits per heavy atom. The van der Waals surface area contributed by atoms with Crippen LogP contribution < -0.4 is 10.1 Å². The minimum atomic E-state index is -3.40. The van der Waals surface area contributed by atoms with Crippen molar-refractivity contribution in [1.29, 1.82) is 0 Å². The van der Waals surface area contributed by atoms with Crippen molar-refractivity contribution in [3.8, 4) is 5.75 Å². The number of nitrogens with zero attached hydrogens (tertiary/aromatic N) is 2. The van der Waals surface area contributed by atoms with E-state index in [1.165, 1.54) is 22.7 Å². The Labute approximate surface area is 156 Å². The highest BCUT2D eigenvalue weighted by Crippen LogP contribution is 2.23. The van der Waals surface area contributed by atoms with E-state index in [0.29, 0.717) is 32.5 Å². The number of ether oxygens (including phenoxy) is 1. The number of rotatable bonds is 7. The van der Waals surface area contributed by atoms with Gasteiger partial charge in [-0.15, -0.1) is 0 Å². The average molecular weight is 384 g/mol. The number of carbonyl (C=O) groups is 1. The van der Waals surface area contributed by atoms with Crippen molar-refractivity contribution < 1.29 is 17.9 Å². The molecule has 146 valence electrons. The number of hydrogen-bond acceptors (Lipinski definition) is 4. The lowest BCUT2D eigenvalue weighted by molar-refractivity contribution is -0.126. The number of nitrogens with one attached hydrogen (secondary N) is 1. The second kappa shape index (κ2) is 8.83. The van der Waals surface area contributed by atoms with E-state index in [4.69, 9.17) is 4.74 Å². The summed E-state index contributed by atoms with van der Waals surface area (Å²) in [5, 5.41) is 3.04. The van der Waals surface area contributed by atoms with Crippen molar-refractivity contribution in [2.75, 3.05) is 33.8 Å². The van der Waals surface area contributed by atoms with E-state index >= 15 is 0 Å². The molecular formula is C18H29N3O4S. The van der Waals surface area contributed by atoms with Crippen molar-refractivity contribution in [3.05, 3.63) is 29.8 Å². The van der Waals surface area contributed by atoms with Crippen LogP contribution in [-0.2, 0) is 15.0 Å². The van der Waals surface area contributed by atoms with Gasteiger partial charge >= 0.3 is 0 Å². The van der Waals surface area contributed by atoms with E-state index < -0.39 is 10.2 Å². The molecule has 8 heteroatoms. The van der Waals surface area contributed by atoms with E-state index in [1.54, 1.807) is 0 Å². The van der Waals surface area contributed by atoms with Crippen LogP contribution >= 0.6 is 0 Å². The van der Waals surface area contributed by atoms with Crippen molar-refractivity contribution in [2.45, 2.75) is 32.7 Å². The van der Waals surface area contributed by atoms with Gasteiger partial charge in [0.1, 0.15) is 5.75 Å². The second-order valence-corrected chi connectivity index (χ2v) is 8.84. The molecule has 1 atom stereocenters. The van der Waals surface area contributed by atoms with Gasteiger partial charge in [-0.3, -0.25) is 4.79 Å². The van der Waals surface area contributed by atoms with Crippen LogP contribution in [0.5, 0.6) is 5.75 Å². The van der Waals surface area contributed by atoms with Gasteiger partial charge in [-0.1, -0.05) is 12.1 Å². The summed E-state index contributed by atoms with van der Waals surface area (Å²) in [5.41, 5.74) is 1.01. The Kier molecular flexibility index (Phi) is 7.02. The molecule has 0 saturated carbocycles. The number of amides is 1. The van der Waals surface area contributed by atoms with E-state index in [1.807, 2.05) is 38.1 Å². The summed E-state index contributed by atoms with van der Waals surface area (Å²) in [5.74, 6) is 0.631. The summed E-state index contributed by atoms with van der Waals surface area (Å²) in [6.07, 6.45) is 1.07. The maximum absolute atomic E-state index is 12.5. The molecule has 0 radical (unpaired) electrons. The SMILES string of the molecule is CCOc1ccc(C(C)NC(=O)C2CCN(S(=O)(=O)N(C)C)CC2)cc1. The van der Waals surface area contributed by atoms with Crippen LogP contribution in [0.25, 0.3) is 0 Å². The van der Waals surface area contributed by atoms with Crippen LogP contribution in [0.1, 0.15) is 38.3 Å². The maximum Gasteiger partial charge on any atom is 0.281 e. The molecule has 1 aliphatic heterocycles. The normalized spacial score (nSPS) is 17.9. The van der Waals surface area contributed by atoms with Crippen molar-refractivity contribution in [2.24, 2.45) is 5.92 Å². The van der Waals surface area contributed by atoms with Crippen LogP contribution in [0.2, 0.25) is 0 Å². The summed E-state index contributed by atoms with van der Waals surface area (Å²) < 4.78 is 32.4. The first-order chi connectivity index (χ1) is 12.3. The lowest BCUT2D eigenvalue weighted by atomic mass is 9.96. The smallest absolute Gasteiger partial charge is 0.281 e. The molecule has 1 aliphatic rings. The quantitative estimate of drug-likeness (QED) is 0.778. The van der Waals surface area contributed by atoms with Gasteiger partial charge in [0.05, 0.1) is 12.6 Å². The zero-order chi connectivity index (χ0) is 19.3. The fourth-order valence-electron chi connectivity index (χ4n) is 3.01. The monoisotopic (exact) mass is 383 g/mol. The zero-order valence-corrected chi connectivity index (χ0v) is 16.8. The Hall–Kier alpha value is -1.64. The van der Waals surface area contributed by atoms with Crippen LogP contribution in [0, 0.1) is 5.92 Å². The van der Waals surface area contributed by atoms with Crippen molar-refractivity contribution in [1.82, 2.24) is 13.9 Å². The molecule has 26 heavy (non-hydrogen) atoms. The molecule has 0 aromatic heterocycles. The molecule has 1 N–H and O–H groups in total. The number of hydrogen-bond donors (Lipinski definition) is 1. The molecule has 1 fully saturated rings. The predicted octanol–water partition coefficient (Wildman–Crippen LogP) is 1.78. The van der Waals surface area contributed by atoms with E-state index in [-0.39, 0.29) is 17.9 Å². The Morgan fingerprint density at radius 2 is 1.85 bits per heavy atom. The van der Waals surface area contributed by atoms with Gasteiger partial charge in [0.2, 0.25) is 5.91 Å².